The van der Waals surface area contributed by atoms with Crippen molar-refractivity contribution in [1.82, 2.24) is 0 Å². The van der Waals surface area contributed by atoms with Crippen LogP contribution in [-0.4, -0.2) is 17.8 Å². The van der Waals surface area contributed by atoms with Crippen molar-refractivity contribution < 1.29 is 14.5 Å². The van der Waals surface area contributed by atoms with E-state index in [0.29, 0.717) is 11.3 Å². The molecule has 7 heteroatoms. The summed E-state index contributed by atoms with van der Waals surface area (Å²) in [5.74, 6) is 0.641. The quantitative estimate of drug-likeness (QED) is 0.264. The summed E-state index contributed by atoms with van der Waals surface area (Å²) in [5.41, 5.74) is 2.23. The number of hydrogen-bond donors (Lipinski definition) is 1. The van der Waals surface area contributed by atoms with Gasteiger partial charge in [-0.05, 0) is 54.1 Å². The summed E-state index contributed by atoms with van der Waals surface area (Å²) in [6.07, 6.45) is 0.195. The maximum Gasteiger partial charge on any atom is 0.269 e. The van der Waals surface area contributed by atoms with E-state index in [0.717, 1.165) is 15.7 Å². The van der Waals surface area contributed by atoms with Gasteiger partial charge in [-0.25, -0.2) is 0 Å². The average Bonchev–Trinajstić information content (AvgIpc) is 2.75. The fourth-order valence-electron chi connectivity index (χ4n) is 2.91. The lowest BCUT2D eigenvalue weighted by atomic mass is 9.97. The molecule has 0 saturated carbocycles. The molecule has 0 radical (unpaired) electrons. The predicted octanol–water partition coefficient (Wildman–Crippen LogP) is 5.79. The Morgan fingerprint density at radius 2 is 1.66 bits per heavy atom. The van der Waals surface area contributed by atoms with Gasteiger partial charge in [0.25, 0.3) is 5.69 Å². The minimum Gasteiger partial charge on any atom is -0.497 e. The van der Waals surface area contributed by atoms with Crippen molar-refractivity contribution in [3.63, 3.8) is 0 Å². The summed E-state index contributed by atoms with van der Waals surface area (Å²) in [6.45, 7) is 0. The largest absolute Gasteiger partial charge is 0.497 e. The zero-order valence-corrected chi connectivity index (χ0v) is 17.3. The van der Waals surface area contributed by atoms with Crippen molar-refractivity contribution in [1.29, 1.82) is 0 Å². The summed E-state index contributed by atoms with van der Waals surface area (Å²) in [6, 6.07) is 20.5. The molecular weight excluding hydrogens is 436 g/mol. The van der Waals surface area contributed by atoms with E-state index in [2.05, 4.69) is 21.2 Å². The molecule has 0 aliphatic rings. The number of nitro benzene ring substituents is 1. The second kappa shape index (κ2) is 9.34. The maximum absolute atomic E-state index is 12.9. The average molecular weight is 455 g/mol. The lowest BCUT2D eigenvalue weighted by Gasteiger charge is -2.20. The van der Waals surface area contributed by atoms with Gasteiger partial charge in [-0.2, -0.15) is 0 Å². The number of ether oxygens (including phenoxy) is 1. The fourth-order valence-corrected chi connectivity index (χ4v) is 3.17. The molecule has 148 valence electrons. The van der Waals surface area contributed by atoms with Gasteiger partial charge in [0.1, 0.15) is 5.75 Å². The Balaban J connectivity index is 1.85. The number of nitrogens with one attached hydrogen (secondary N) is 1. The first-order chi connectivity index (χ1) is 14.0. The number of Topliss-reactive ketones (excluding diaryl/α,β-unsaturated/α-hetero) is 1. The van der Waals surface area contributed by atoms with Crippen LogP contribution < -0.4 is 10.1 Å². The van der Waals surface area contributed by atoms with Crippen LogP contribution in [0.25, 0.3) is 0 Å². The predicted molar refractivity (Wildman–Crippen MR) is 116 cm³/mol. The number of carbonyl (C=O) groups excluding carboxylic acids is 1. The number of methoxy groups -OCH3 is 1. The van der Waals surface area contributed by atoms with Crippen LogP contribution in [0, 0.1) is 10.1 Å². The van der Waals surface area contributed by atoms with Crippen molar-refractivity contribution in [3.05, 3.63) is 98.5 Å². The molecular formula is C22H19BrN2O4. The molecule has 6 nitrogen and oxygen atoms in total. The minimum absolute atomic E-state index is 0.0117. The summed E-state index contributed by atoms with van der Waals surface area (Å²) in [4.78, 5) is 23.4. The highest BCUT2D eigenvalue weighted by molar-refractivity contribution is 9.10. The van der Waals surface area contributed by atoms with Crippen LogP contribution >= 0.6 is 15.9 Å². The van der Waals surface area contributed by atoms with Gasteiger partial charge in [0.15, 0.2) is 5.78 Å². The topological polar surface area (TPSA) is 81.5 Å². The van der Waals surface area contributed by atoms with Crippen molar-refractivity contribution >= 4 is 33.1 Å². The van der Waals surface area contributed by atoms with Crippen LogP contribution in [0.1, 0.15) is 28.4 Å². The molecule has 3 aromatic rings. The number of anilines is 1. The normalized spacial score (nSPS) is 11.5. The Hall–Kier alpha value is -3.19. The highest BCUT2D eigenvalue weighted by Gasteiger charge is 2.19. The van der Waals surface area contributed by atoms with Crippen molar-refractivity contribution in [2.24, 2.45) is 0 Å². The Kier molecular flexibility index (Phi) is 6.61. The first-order valence-corrected chi connectivity index (χ1v) is 9.69. The second-order valence-electron chi connectivity index (χ2n) is 6.41. The van der Waals surface area contributed by atoms with Gasteiger partial charge in [-0.3, -0.25) is 14.9 Å². The number of ketones is 1. The Bertz CT molecular complexity index is 987. The van der Waals surface area contributed by atoms with Gasteiger partial charge in [-0.15, -0.1) is 0 Å². The molecule has 29 heavy (non-hydrogen) atoms. The highest BCUT2D eigenvalue weighted by atomic mass is 79.9. The van der Waals surface area contributed by atoms with Crippen LogP contribution in [0.2, 0.25) is 0 Å². The van der Waals surface area contributed by atoms with E-state index < -0.39 is 4.92 Å². The number of nitro groups is 1. The molecule has 1 unspecified atom stereocenters. The van der Waals surface area contributed by atoms with Gasteiger partial charge < -0.3 is 10.1 Å². The third kappa shape index (κ3) is 5.42. The lowest BCUT2D eigenvalue weighted by molar-refractivity contribution is -0.384. The molecule has 3 aromatic carbocycles. The van der Waals surface area contributed by atoms with E-state index in [4.69, 9.17) is 4.74 Å². The number of halogens is 1. The lowest BCUT2D eigenvalue weighted by Crippen LogP contribution is -2.16. The molecule has 0 saturated heterocycles. The van der Waals surface area contributed by atoms with E-state index >= 15 is 0 Å². The van der Waals surface area contributed by atoms with Crippen LogP contribution in [0.3, 0.4) is 0 Å². The standard InChI is InChI=1S/C22H19BrN2O4/c1-29-20-12-4-16(5-13-20)22(26)14-21(24-18-8-6-17(23)7-9-18)15-2-10-19(11-3-15)25(27)28/h2-13,21,24H,14H2,1H3. The third-order valence-corrected chi connectivity index (χ3v) is 5.02. The smallest absolute Gasteiger partial charge is 0.269 e. The van der Waals surface area contributed by atoms with E-state index in [-0.39, 0.29) is 23.9 Å². The second-order valence-corrected chi connectivity index (χ2v) is 7.32. The van der Waals surface area contributed by atoms with Gasteiger partial charge in [0.05, 0.1) is 18.1 Å². The maximum atomic E-state index is 12.9. The molecule has 0 fully saturated rings. The zero-order chi connectivity index (χ0) is 20.8. The molecule has 0 aromatic heterocycles. The summed E-state index contributed by atoms with van der Waals surface area (Å²) in [7, 11) is 1.57. The first-order valence-electron chi connectivity index (χ1n) is 8.90. The van der Waals surface area contributed by atoms with Crippen molar-refractivity contribution in [3.8, 4) is 5.75 Å². The SMILES string of the molecule is COc1ccc(C(=O)CC(Nc2ccc(Br)cc2)c2ccc([N+](=O)[O-])cc2)cc1. The van der Waals surface area contributed by atoms with E-state index in [1.807, 2.05) is 24.3 Å². The summed E-state index contributed by atoms with van der Waals surface area (Å²) < 4.78 is 6.08. The van der Waals surface area contributed by atoms with E-state index in [9.17, 15) is 14.9 Å². The third-order valence-electron chi connectivity index (χ3n) is 4.49. The van der Waals surface area contributed by atoms with Gasteiger partial charge in [0, 0.05) is 34.3 Å². The molecule has 0 spiro atoms. The van der Waals surface area contributed by atoms with Gasteiger partial charge >= 0.3 is 0 Å². The Morgan fingerprint density at radius 3 is 2.21 bits per heavy atom. The Morgan fingerprint density at radius 1 is 1.03 bits per heavy atom. The van der Waals surface area contributed by atoms with Crippen LogP contribution in [0.15, 0.2) is 77.3 Å². The molecule has 0 heterocycles. The van der Waals surface area contributed by atoms with Crippen LogP contribution in [0.5, 0.6) is 5.75 Å². The highest BCUT2D eigenvalue weighted by Crippen LogP contribution is 2.27. The van der Waals surface area contributed by atoms with E-state index in [1.54, 1.807) is 43.5 Å². The number of hydrogen-bond acceptors (Lipinski definition) is 5. The zero-order valence-electron chi connectivity index (χ0n) is 15.7. The molecule has 1 atom stereocenters. The monoisotopic (exact) mass is 454 g/mol. The number of non-ortho nitro benzene ring substituents is 1. The summed E-state index contributed by atoms with van der Waals surface area (Å²) in [5, 5.41) is 14.3. The number of rotatable bonds is 8. The first kappa shape index (κ1) is 20.5. The van der Waals surface area contributed by atoms with Crippen LogP contribution in [-0.2, 0) is 0 Å². The summed E-state index contributed by atoms with van der Waals surface area (Å²) >= 11 is 3.40. The molecule has 1 N–H and O–H groups in total. The van der Waals surface area contributed by atoms with Gasteiger partial charge in [-0.1, -0.05) is 28.1 Å². The molecule has 0 amide bonds. The number of carbonyl (C=O) groups is 1. The molecule has 0 aliphatic carbocycles. The minimum atomic E-state index is -0.441. The number of nitrogens with zero attached hydrogens (tertiary/aromatic N) is 1. The van der Waals surface area contributed by atoms with Crippen molar-refractivity contribution in [2.75, 3.05) is 12.4 Å². The fraction of sp³-hybridized carbons (Fsp3) is 0.136. The Labute approximate surface area is 176 Å². The van der Waals surface area contributed by atoms with Gasteiger partial charge in [0.2, 0.25) is 0 Å². The number of benzene rings is 3. The molecule has 3 rings (SSSR count). The van der Waals surface area contributed by atoms with E-state index in [1.165, 1.54) is 12.1 Å². The van der Waals surface area contributed by atoms with Crippen molar-refractivity contribution in [2.45, 2.75) is 12.5 Å². The molecule has 0 aliphatic heterocycles. The van der Waals surface area contributed by atoms with Crippen LogP contribution in [0.4, 0.5) is 11.4 Å². The molecule has 0 bridgehead atoms.